The van der Waals surface area contributed by atoms with Crippen LogP contribution in [0.3, 0.4) is 0 Å². The van der Waals surface area contributed by atoms with Crippen molar-refractivity contribution in [1.29, 1.82) is 0 Å². The molecule has 2 aromatic rings. The third-order valence-electron chi connectivity index (χ3n) is 5.01. The first-order chi connectivity index (χ1) is 13.0. The number of benzene rings is 1. The lowest BCUT2D eigenvalue weighted by Crippen LogP contribution is -2.52. The van der Waals surface area contributed by atoms with E-state index in [1.54, 1.807) is 28.0 Å². The summed E-state index contributed by atoms with van der Waals surface area (Å²) in [6.07, 6.45) is 0. The van der Waals surface area contributed by atoms with Gasteiger partial charge in [0.2, 0.25) is 5.91 Å². The largest absolute Gasteiger partial charge is 0.422 e. The van der Waals surface area contributed by atoms with Gasteiger partial charge in [-0.25, -0.2) is 4.79 Å². The zero-order chi connectivity index (χ0) is 19.4. The highest BCUT2D eigenvalue weighted by Gasteiger charge is 2.26. The fourth-order valence-electron chi connectivity index (χ4n) is 3.36. The average Bonchev–Trinajstić information content (AvgIpc) is 2.68. The molecule has 144 valence electrons. The first kappa shape index (κ1) is 19.1. The van der Waals surface area contributed by atoms with Crippen LogP contribution in [-0.4, -0.2) is 72.3 Å². The highest BCUT2D eigenvalue weighted by Crippen LogP contribution is 2.14. The van der Waals surface area contributed by atoms with Crippen molar-refractivity contribution in [3.63, 3.8) is 0 Å². The van der Waals surface area contributed by atoms with Gasteiger partial charge in [-0.1, -0.05) is 18.2 Å². The van der Waals surface area contributed by atoms with Gasteiger partial charge in [-0.15, -0.1) is 0 Å². The standard InChI is InChI=1S/C20H25N3O4/c1-3-22(4-2)18(24)14-21-9-11-23(12-10-21)19(25)16-13-15-7-5-6-8-17(15)27-20(16)26/h5-8,13H,3-4,9-12,14H2,1-2H3. The summed E-state index contributed by atoms with van der Waals surface area (Å²) >= 11 is 0. The summed E-state index contributed by atoms with van der Waals surface area (Å²) in [6, 6.07) is 8.73. The van der Waals surface area contributed by atoms with Gasteiger partial charge in [0, 0.05) is 44.7 Å². The Labute approximate surface area is 158 Å². The number of hydrogen-bond donors (Lipinski definition) is 0. The molecule has 1 aromatic heterocycles. The molecule has 1 aliphatic heterocycles. The molecule has 1 aliphatic rings. The molecule has 1 aromatic carbocycles. The van der Waals surface area contributed by atoms with Gasteiger partial charge in [0.15, 0.2) is 0 Å². The van der Waals surface area contributed by atoms with Crippen molar-refractivity contribution >= 4 is 22.8 Å². The fraction of sp³-hybridized carbons (Fsp3) is 0.450. The van der Waals surface area contributed by atoms with Gasteiger partial charge < -0.3 is 14.2 Å². The second-order valence-electron chi connectivity index (χ2n) is 6.62. The van der Waals surface area contributed by atoms with E-state index in [1.165, 1.54) is 0 Å². The van der Waals surface area contributed by atoms with Crippen LogP contribution in [0.1, 0.15) is 24.2 Å². The lowest BCUT2D eigenvalue weighted by atomic mass is 10.1. The first-order valence-corrected chi connectivity index (χ1v) is 9.35. The molecule has 7 nitrogen and oxygen atoms in total. The monoisotopic (exact) mass is 371 g/mol. The number of hydrogen-bond acceptors (Lipinski definition) is 5. The predicted molar refractivity (Wildman–Crippen MR) is 103 cm³/mol. The maximum atomic E-state index is 12.8. The van der Waals surface area contributed by atoms with Crippen molar-refractivity contribution in [2.45, 2.75) is 13.8 Å². The number of carbonyl (C=O) groups excluding carboxylic acids is 2. The van der Waals surface area contributed by atoms with Crippen LogP contribution in [0.5, 0.6) is 0 Å². The van der Waals surface area contributed by atoms with Crippen LogP contribution >= 0.6 is 0 Å². The maximum absolute atomic E-state index is 12.8. The Kier molecular flexibility index (Phi) is 5.91. The van der Waals surface area contributed by atoms with Gasteiger partial charge in [-0.2, -0.15) is 0 Å². The normalized spacial score (nSPS) is 15.1. The third-order valence-corrected chi connectivity index (χ3v) is 5.01. The first-order valence-electron chi connectivity index (χ1n) is 9.35. The lowest BCUT2D eigenvalue weighted by molar-refractivity contribution is -0.132. The Bertz CT molecular complexity index is 880. The molecule has 0 spiro atoms. The zero-order valence-electron chi connectivity index (χ0n) is 15.8. The van der Waals surface area contributed by atoms with E-state index in [0.717, 1.165) is 5.39 Å². The van der Waals surface area contributed by atoms with E-state index in [9.17, 15) is 14.4 Å². The van der Waals surface area contributed by atoms with Crippen LogP contribution in [0.4, 0.5) is 0 Å². The average molecular weight is 371 g/mol. The fourth-order valence-corrected chi connectivity index (χ4v) is 3.36. The summed E-state index contributed by atoms with van der Waals surface area (Å²) in [5, 5.41) is 0.726. The molecule has 7 heteroatoms. The van der Waals surface area contributed by atoms with E-state index in [-0.39, 0.29) is 17.4 Å². The second kappa shape index (κ2) is 8.35. The number of amides is 2. The Morgan fingerprint density at radius 3 is 2.41 bits per heavy atom. The summed E-state index contributed by atoms with van der Waals surface area (Å²) in [6.45, 7) is 7.88. The molecule has 0 bridgehead atoms. The maximum Gasteiger partial charge on any atom is 0.349 e. The van der Waals surface area contributed by atoms with Crippen LogP contribution in [0, 0.1) is 0 Å². The lowest BCUT2D eigenvalue weighted by Gasteiger charge is -2.35. The molecule has 0 atom stereocenters. The molecule has 1 fully saturated rings. The third kappa shape index (κ3) is 4.19. The summed E-state index contributed by atoms with van der Waals surface area (Å²) < 4.78 is 5.27. The SMILES string of the molecule is CCN(CC)C(=O)CN1CCN(C(=O)c2cc3ccccc3oc2=O)CC1. The van der Waals surface area contributed by atoms with E-state index in [1.807, 2.05) is 30.9 Å². The van der Waals surface area contributed by atoms with Crippen LogP contribution in [0.25, 0.3) is 11.0 Å². The minimum absolute atomic E-state index is 0.0568. The number of nitrogens with zero attached hydrogens (tertiary/aromatic N) is 3. The van der Waals surface area contributed by atoms with Crippen LogP contribution in [0.2, 0.25) is 0 Å². The van der Waals surface area contributed by atoms with Gasteiger partial charge in [-0.3, -0.25) is 14.5 Å². The number of carbonyl (C=O) groups is 2. The van der Waals surface area contributed by atoms with Crippen molar-refractivity contribution in [2.24, 2.45) is 0 Å². The van der Waals surface area contributed by atoms with Crippen LogP contribution in [-0.2, 0) is 4.79 Å². The Balaban J connectivity index is 1.64. The predicted octanol–water partition coefficient (Wildman–Crippen LogP) is 1.42. The Hall–Kier alpha value is -2.67. The molecular formula is C20H25N3O4. The van der Waals surface area contributed by atoms with Crippen molar-refractivity contribution in [1.82, 2.24) is 14.7 Å². The molecular weight excluding hydrogens is 346 g/mol. The minimum Gasteiger partial charge on any atom is -0.422 e. The quantitative estimate of drug-likeness (QED) is 0.743. The van der Waals surface area contributed by atoms with Gasteiger partial charge in [0.25, 0.3) is 5.91 Å². The van der Waals surface area contributed by atoms with E-state index >= 15 is 0 Å². The van der Waals surface area contributed by atoms with E-state index in [4.69, 9.17) is 4.42 Å². The molecule has 0 unspecified atom stereocenters. The number of para-hydroxylation sites is 1. The summed E-state index contributed by atoms with van der Waals surface area (Å²) in [7, 11) is 0. The van der Waals surface area contributed by atoms with Crippen LogP contribution < -0.4 is 5.63 Å². The molecule has 0 aliphatic carbocycles. The molecule has 0 saturated carbocycles. The molecule has 27 heavy (non-hydrogen) atoms. The summed E-state index contributed by atoms with van der Waals surface area (Å²) in [5.74, 6) is -0.209. The second-order valence-corrected chi connectivity index (χ2v) is 6.62. The highest BCUT2D eigenvalue weighted by atomic mass is 16.4. The molecule has 0 radical (unpaired) electrons. The van der Waals surface area contributed by atoms with Gasteiger partial charge in [0.05, 0.1) is 6.54 Å². The molecule has 3 rings (SSSR count). The highest BCUT2D eigenvalue weighted by molar-refractivity contribution is 5.96. The number of piperazine rings is 1. The van der Waals surface area contributed by atoms with Crippen molar-refractivity contribution in [2.75, 3.05) is 45.8 Å². The van der Waals surface area contributed by atoms with E-state index in [0.29, 0.717) is 51.4 Å². The van der Waals surface area contributed by atoms with Gasteiger partial charge >= 0.3 is 5.63 Å². The Morgan fingerprint density at radius 1 is 1.07 bits per heavy atom. The topological polar surface area (TPSA) is 74.1 Å². The van der Waals surface area contributed by atoms with Crippen molar-refractivity contribution in [3.05, 3.63) is 46.3 Å². The molecule has 2 heterocycles. The smallest absolute Gasteiger partial charge is 0.349 e. The van der Waals surface area contributed by atoms with Crippen LogP contribution in [0.15, 0.2) is 39.5 Å². The van der Waals surface area contributed by atoms with E-state index < -0.39 is 5.63 Å². The number of fused-ring (bicyclic) bond motifs is 1. The number of rotatable bonds is 5. The molecule has 1 saturated heterocycles. The van der Waals surface area contributed by atoms with Gasteiger partial charge in [-0.05, 0) is 26.0 Å². The molecule has 2 amide bonds. The zero-order valence-corrected chi connectivity index (χ0v) is 15.8. The minimum atomic E-state index is -0.613. The van der Waals surface area contributed by atoms with E-state index in [2.05, 4.69) is 0 Å². The molecule has 0 N–H and O–H groups in total. The van der Waals surface area contributed by atoms with Gasteiger partial charge in [0.1, 0.15) is 11.1 Å². The van der Waals surface area contributed by atoms with Crippen molar-refractivity contribution in [3.8, 4) is 0 Å². The Morgan fingerprint density at radius 2 is 1.74 bits per heavy atom. The number of likely N-dealkylation sites (N-methyl/N-ethyl adjacent to an activating group) is 1. The van der Waals surface area contributed by atoms with Crippen molar-refractivity contribution < 1.29 is 14.0 Å². The summed E-state index contributed by atoms with van der Waals surface area (Å²) in [4.78, 5) is 42.7. The summed E-state index contributed by atoms with van der Waals surface area (Å²) in [5.41, 5.74) is -0.0852.